The summed E-state index contributed by atoms with van der Waals surface area (Å²) < 4.78 is 1.01. The van der Waals surface area contributed by atoms with Crippen LogP contribution >= 0.6 is 15.9 Å². The number of halogens is 1. The Morgan fingerprint density at radius 3 is 2.24 bits per heavy atom. The van der Waals surface area contributed by atoms with Gasteiger partial charge in [0.25, 0.3) is 5.91 Å². The van der Waals surface area contributed by atoms with E-state index in [4.69, 9.17) is 0 Å². The Morgan fingerprint density at radius 1 is 1.05 bits per heavy atom. The maximum absolute atomic E-state index is 12.2. The van der Waals surface area contributed by atoms with Crippen LogP contribution in [-0.2, 0) is 12.0 Å². The fourth-order valence-electron chi connectivity index (χ4n) is 2.04. The summed E-state index contributed by atoms with van der Waals surface area (Å²) in [6.07, 6.45) is 0. The van der Waals surface area contributed by atoms with Gasteiger partial charge >= 0.3 is 0 Å². The van der Waals surface area contributed by atoms with E-state index in [1.54, 1.807) is 0 Å². The summed E-state index contributed by atoms with van der Waals surface area (Å²) in [7, 11) is 0. The van der Waals surface area contributed by atoms with Gasteiger partial charge in [-0.3, -0.25) is 4.79 Å². The molecule has 0 spiro atoms. The first-order chi connectivity index (χ1) is 9.88. The predicted octanol–water partition coefficient (Wildman–Crippen LogP) is 4.68. The second-order valence-electron chi connectivity index (χ2n) is 6.10. The van der Waals surface area contributed by atoms with Gasteiger partial charge in [0.15, 0.2) is 0 Å². The highest BCUT2D eigenvalue weighted by Gasteiger charge is 2.14. The van der Waals surface area contributed by atoms with Gasteiger partial charge in [-0.1, -0.05) is 67.0 Å². The maximum Gasteiger partial charge on any atom is 0.251 e. The molecule has 0 aliphatic rings. The van der Waals surface area contributed by atoms with Crippen LogP contribution in [0.5, 0.6) is 0 Å². The molecular formula is C18H20BrNO. The highest BCUT2D eigenvalue weighted by atomic mass is 79.9. The van der Waals surface area contributed by atoms with Crippen molar-refractivity contribution in [1.29, 1.82) is 0 Å². The van der Waals surface area contributed by atoms with Crippen LogP contribution in [-0.4, -0.2) is 5.91 Å². The average Bonchev–Trinajstić information content (AvgIpc) is 2.45. The van der Waals surface area contributed by atoms with E-state index in [2.05, 4.69) is 42.0 Å². The number of benzene rings is 2. The molecule has 2 rings (SSSR count). The number of hydrogen-bond donors (Lipinski definition) is 1. The SMILES string of the molecule is CC(C)(C)c1ccc(C(=O)NCc2ccccc2Br)cc1. The molecule has 21 heavy (non-hydrogen) atoms. The second kappa shape index (κ2) is 6.44. The Morgan fingerprint density at radius 2 is 1.67 bits per heavy atom. The van der Waals surface area contributed by atoms with Gasteiger partial charge in [0.05, 0.1) is 0 Å². The molecule has 2 aromatic rings. The highest BCUT2D eigenvalue weighted by Crippen LogP contribution is 2.22. The van der Waals surface area contributed by atoms with Gasteiger partial charge in [0, 0.05) is 16.6 Å². The third-order valence-electron chi connectivity index (χ3n) is 3.41. The standard InChI is InChI=1S/C18H20BrNO/c1-18(2,3)15-10-8-13(9-11-15)17(21)20-12-14-6-4-5-7-16(14)19/h4-11H,12H2,1-3H3,(H,20,21). The van der Waals surface area contributed by atoms with E-state index in [-0.39, 0.29) is 11.3 Å². The molecule has 0 aliphatic carbocycles. The van der Waals surface area contributed by atoms with Gasteiger partial charge in [0.2, 0.25) is 0 Å². The first-order valence-electron chi connectivity index (χ1n) is 7.00. The van der Waals surface area contributed by atoms with E-state index in [1.165, 1.54) is 5.56 Å². The van der Waals surface area contributed by atoms with E-state index in [1.807, 2.05) is 48.5 Å². The van der Waals surface area contributed by atoms with Crippen LogP contribution in [0.4, 0.5) is 0 Å². The van der Waals surface area contributed by atoms with E-state index in [0.717, 1.165) is 10.0 Å². The van der Waals surface area contributed by atoms with Crippen LogP contribution in [0.1, 0.15) is 42.3 Å². The van der Waals surface area contributed by atoms with Crippen molar-refractivity contribution in [2.45, 2.75) is 32.7 Å². The Kier molecular flexibility index (Phi) is 4.84. The first kappa shape index (κ1) is 15.8. The number of carbonyl (C=O) groups excluding carboxylic acids is 1. The Balaban J connectivity index is 2.03. The van der Waals surface area contributed by atoms with Crippen LogP contribution in [0.3, 0.4) is 0 Å². The zero-order valence-electron chi connectivity index (χ0n) is 12.6. The summed E-state index contributed by atoms with van der Waals surface area (Å²) in [6.45, 7) is 7.00. The van der Waals surface area contributed by atoms with Gasteiger partial charge in [-0.25, -0.2) is 0 Å². The van der Waals surface area contributed by atoms with Crippen molar-refractivity contribution in [1.82, 2.24) is 5.32 Å². The number of hydrogen-bond acceptors (Lipinski definition) is 1. The molecule has 0 fully saturated rings. The van der Waals surface area contributed by atoms with Crippen LogP contribution in [0, 0.1) is 0 Å². The van der Waals surface area contributed by atoms with Crippen molar-refractivity contribution in [3.05, 3.63) is 69.7 Å². The highest BCUT2D eigenvalue weighted by molar-refractivity contribution is 9.10. The summed E-state index contributed by atoms with van der Waals surface area (Å²) in [5, 5.41) is 2.95. The fourth-order valence-corrected chi connectivity index (χ4v) is 2.47. The van der Waals surface area contributed by atoms with Crippen LogP contribution in [0.2, 0.25) is 0 Å². The molecule has 2 nitrogen and oxygen atoms in total. The molecule has 0 aromatic heterocycles. The molecule has 0 heterocycles. The molecule has 3 heteroatoms. The van der Waals surface area contributed by atoms with Gasteiger partial charge < -0.3 is 5.32 Å². The minimum Gasteiger partial charge on any atom is -0.348 e. The van der Waals surface area contributed by atoms with Crippen LogP contribution < -0.4 is 5.32 Å². The molecule has 110 valence electrons. The second-order valence-corrected chi connectivity index (χ2v) is 6.96. The lowest BCUT2D eigenvalue weighted by atomic mass is 9.87. The monoisotopic (exact) mass is 345 g/mol. The normalized spacial score (nSPS) is 11.2. The van der Waals surface area contributed by atoms with Crippen molar-refractivity contribution in [2.75, 3.05) is 0 Å². The molecule has 0 saturated heterocycles. The van der Waals surface area contributed by atoms with Crippen molar-refractivity contribution < 1.29 is 4.79 Å². The third-order valence-corrected chi connectivity index (χ3v) is 4.18. The predicted molar refractivity (Wildman–Crippen MR) is 90.5 cm³/mol. The topological polar surface area (TPSA) is 29.1 Å². The largest absolute Gasteiger partial charge is 0.348 e. The molecular weight excluding hydrogens is 326 g/mol. The van der Waals surface area contributed by atoms with E-state index in [9.17, 15) is 4.79 Å². The number of rotatable bonds is 3. The van der Waals surface area contributed by atoms with Crippen molar-refractivity contribution in [3.8, 4) is 0 Å². The lowest BCUT2D eigenvalue weighted by Crippen LogP contribution is -2.23. The summed E-state index contributed by atoms with van der Waals surface area (Å²) in [6, 6.07) is 15.7. The summed E-state index contributed by atoms with van der Waals surface area (Å²) in [5.41, 5.74) is 3.08. The maximum atomic E-state index is 12.2. The van der Waals surface area contributed by atoms with E-state index in [0.29, 0.717) is 12.1 Å². The minimum absolute atomic E-state index is 0.0498. The van der Waals surface area contributed by atoms with Gasteiger partial charge in [-0.2, -0.15) is 0 Å². The minimum atomic E-state index is -0.0498. The van der Waals surface area contributed by atoms with Gasteiger partial charge in [0.1, 0.15) is 0 Å². The Bertz CT molecular complexity index is 626. The fraction of sp³-hybridized carbons (Fsp3) is 0.278. The smallest absolute Gasteiger partial charge is 0.251 e. The summed E-state index contributed by atoms with van der Waals surface area (Å²) in [5.74, 6) is -0.0498. The molecule has 0 bridgehead atoms. The molecule has 0 unspecified atom stereocenters. The van der Waals surface area contributed by atoms with Gasteiger partial charge in [-0.05, 0) is 34.7 Å². The molecule has 0 atom stereocenters. The molecule has 0 aliphatic heterocycles. The van der Waals surface area contributed by atoms with E-state index < -0.39 is 0 Å². The van der Waals surface area contributed by atoms with E-state index >= 15 is 0 Å². The molecule has 0 radical (unpaired) electrons. The average molecular weight is 346 g/mol. The molecule has 1 amide bonds. The summed E-state index contributed by atoms with van der Waals surface area (Å²) in [4.78, 5) is 12.2. The lowest BCUT2D eigenvalue weighted by molar-refractivity contribution is 0.0951. The molecule has 2 aromatic carbocycles. The number of nitrogens with one attached hydrogen (secondary N) is 1. The number of carbonyl (C=O) groups is 1. The Hall–Kier alpha value is -1.61. The zero-order valence-corrected chi connectivity index (χ0v) is 14.2. The number of amides is 1. The zero-order chi connectivity index (χ0) is 15.5. The van der Waals surface area contributed by atoms with Crippen LogP contribution in [0.25, 0.3) is 0 Å². The summed E-state index contributed by atoms with van der Waals surface area (Å²) >= 11 is 3.48. The van der Waals surface area contributed by atoms with Crippen molar-refractivity contribution >= 4 is 21.8 Å². The lowest BCUT2D eigenvalue weighted by Gasteiger charge is -2.19. The van der Waals surface area contributed by atoms with Crippen LogP contribution in [0.15, 0.2) is 53.0 Å². The van der Waals surface area contributed by atoms with Gasteiger partial charge in [-0.15, -0.1) is 0 Å². The third kappa shape index (κ3) is 4.18. The molecule has 0 saturated carbocycles. The Labute approximate surface area is 134 Å². The van der Waals surface area contributed by atoms with Crippen molar-refractivity contribution in [3.63, 3.8) is 0 Å². The molecule has 1 N–H and O–H groups in total. The van der Waals surface area contributed by atoms with Crippen molar-refractivity contribution in [2.24, 2.45) is 0 Å². The quantitative estimate of drug-likeness (QED) is 0.859. The first-order valence-corrected chi connectivity index (χ1v) is 7.79.